The Labute approximate surface area is 88.7 Å². The second-order valence-corrected chi connectivity index (χ2v) is 4.92. The molecule has 14 heavy (non-hydrogen) atoms. The van der Waals surface area contributed by atoms with E-state index in [0.717, 1.165) is 0 Å². The van der Waals surface area contributed by atoms with Gasteiger partial charge >= 0.3 is 0 Å². The predicted molar refractivity (Wildman–Crippen MR) is 60.4 cm³/mol. The topological polar surface area (TPSA) is 29.5 Å². The van der Waals surface area contributed by atoms with E-state index < -0.39 is 0 Å². The number of hydrogen-bond donors (Lipinski definition) is 1. The third-order valence-corrected chi connectivity index (χ3v) is 2.86. The molecule has 0 aromatic carbocycles. The monoisotopic (exact) mass is 202 g/mol. The van der Waals surface area contributed by atoms with Gasteiger partial charge in [0.15, 0.2) is 0 Å². The average Bonchev–Trinajstić information content (AvgIpc) is 2.10. The van der Waals surface area contributed by atoms with Crippen molar-refractivity contribution in [2.24, 2.45) is 5.41 Å². The van der Waals surface area contributed by atoms with Gasteiger partial charge in [-0.15, -0.1) is 0 Å². The molecule has 0 radical (unpaired) electrons. The van der Waals surface area contributed by atoms with Gasteiger partial charge < -0.3 is 9.84 Å². The van der Waals surface area contributed by atoms with Crippen molar-refractivity contribution >= 4 is 0 Å². The predicted octanol–water partition coefficient (Wildman–Crippen LogP) is 2.99. The Bertz CT molecular complexity index is 141. The maximum absolute atomic E-state index is 9.12. The van der Waals surface area contributed by atoms with Crippen LogP contribution in [-0.2, 0) is 4.74 Å². The van der Waals surface area contributed by atoms with Crippen LogP contribution in [0.2, 0.25) is 0 Å². The Morgan fingerprint density at radius 2 is 1.86 bits per heavy atom. The zero-order chi connectivity index (χ0) is 11.2. The highest BCUT2D eigenvalue weighted by atomic mass is 16.5. The van der Waals surface area contributed by atoms with E-state index in [2.05, 4.69) is 27.7 Å². The fourth-order valence-corrected chi connectivity index (χ4v) is 1.34. The first-order valence-electron chi connectivity index (χ1n) is 5.69. The minimum Gasteiger partial charge on any atom is -0.391 e. The van der Waals surface area contributed by atoms with Gasteiger partial charge in [-0.25, -0.2) is 0 Å². The molecule has 0 aromatic heterocycles. The molecule has 86 valence electrons. The second-order valence-electron chi connectivity index (χ2n) is 4.92. The Morgan fingerprint density at radius 3 is 2.29 bits per heavy atom. The van der Waals surface area contributed by atoms with Crippen molar-refractivity contribution < 1.29 is 9.84 Å². The van der Waals surface area contributed by atoms with Crippen molar-refractivity contribution in [3.8, 4) is 0 Å². The fraction of sp³-hybridized carbons (Fsp3) is 1.00. The third kappa shape index (κ3) is 5.61. The van der Waals surface area contributed by atoms with E-state index in [1.807, 2.05) is 0 Å². The van der Waals surface area contributed by atoms with E-state index in [9.17, 15) is 0 Å². The Morgan fingerprint density at radius 1 is 1.29 bits per heavy atom. The van der Waals surface area contributed by atoms with Crippen molar-refractivity contribution in [1.82, 2.24) is 0 Å². The van der Waals surface area contributed by atoms with E-state index in [-0.39, 0.29) is 17.6 Å². The molecule has 2 nitrogen and oxygen atoms in total. The number of aliphatic hydroxyl groups excluding tert-OH is 1. The van der Waals surface area contributed by atoms with Crippen LogP contribution < -0.4 is 0 Å². The number of aliphatic hydroxyl groups is 1. The zero-order valence-electron chi connectivity index (χ0n) is 10.3. The molecule has 2 heteroatoms. The third-order valence-electron chi connectivity index (χ3n) is 2.86. The standard InChI is InChI=1S/C12H26O2/c1-6-7-8-12(4,5)11(3)14-9-10(2)13/h10-11,13H,6-9H2,1-5H3. The smallest absolute Gasteiger partial charge is 0.0745 e. The van der Waals surface area contributed by atoms with Crippen LogP contribution in [0, 0.1) is 5.41 Å². The summed E-state index contributed by atoms with van der Waals surface area (Å²) < 4.78 is 5.62. The Kier molecular flexibility index (Phi) is 6.38. The van der Waals surface area contributed by atoms with Gasteiger partial charge in [0.05, 0.1) is 18.8 Å². The highest BCUT2D eigenvalue weighted by Gasteiger charge is 2.25. The molecule has 1 N–H and O–H groups in total. The average molecular weight is 202 g/mol. The first-order chi connectivity index (χ1) is 6.40. The number of hydrogen-bond acceptors (Lipinski definition) is 2. The van der Waals surface area contributed by atoms with Crippen LogP contribution >= 0.6 is 0 Å². The van der Waals surface area contributed by atoms with E-state index in [4.69, 9.17) is 9.84 Å². The highest BCUT2D eigenvalue weighted by Crippen LogP contribution is 2.29. The highest BCUT2D eigenvalue weighted by molar-refractivity contribution is 4.75. The lowest BCUT2D eigenvalue weighted by Gasteiger charge is -2.32. The molecular weight excluding hydrogens is 176 g/mol. The summed E-state index contributed by atoms with van der Waals surface area (Å²) in [5.74, 6) is 0. The van der Waals surface area contributed by atoms with E-state index in [1.165, 1.54) is 19.3 Å². The summed E-state index contributed by atoms with van der Waals surface area (Å²) in [5.41, 5.74) is 0.213. The quantitative estimate of drug-likeness (QED) is 0.687. The molecule has 0 aliphatic carbocycles. The summed E-state index contributed by atoms with van der Waals surface area (Å²) in [4.78, 5) is 0. The van der Waals surface area contributed by atoms with Crippen molar-refractivity contribution in [3.63, 3.8) is 0 Å². The molecule has 0 fully saturated rings. The lowest BCUT2D eigenvalue weighted by atomic mass is 9.82. The first kappa shape index (κ1) is 13.9. The molecule has 0 bridgehead atoms. The van der Waals surface area contributed by atoms with Crippen LogP contribution in [0.5, 0.6) is 0 Å². The molecule has 0 amide bonds. The summed E-state index contributed by atoms with van der Waals surface area (Å²) in [7, 11) is 0. The molecule has 0 heterocycles. The van der Waals surface area contributed by atoms with Crippen molar-refractivity contribution in [2.75, 3.05) is 6.61 Å². The molecule has 2 unspecified atom stereocenters. The Hall–Kier alpha value is -0.0800. The Balaban J connectivity index is 3.87. The van der Waals surface area contributed by atoms with Crippen LogP contribution in [0.1, 0.15) is 53.9 Å². The minimum absolute atomic E-state index is 0.212. The molecule has 0 aromatic rings. The maximum atomic E-state index is 9.12. The molecule has 0 aliphatic heterocycles. The van der Waals surface area contributed by atoms with Crippen LogP contribution in [0.4, 0.5) is 0 Å². The van der Waals surface area contributed by atoms with E-state index >= 15 is 0 Å². The molecular formula is C12H26O2. The summed E-state index contributed by atoms with van der Waals surface area (Å²) in [6, 6.07) is 0. The second kappa shape index (κ2) is 6.41. The van der Waals surface area contributed by atoms with Gasteiger partial charge in [0.2, 0.25) is 0 Å². The van der Waals surface area contributed by atoms with E-state index in [1.54, 1.807) is 6.92 Å². The minimum atomic E-state index is -0.362. The van der Waals surface area contributed by atoms with Gasteiger partial charge in [-0.3, -0.25) is 0 Å². The molecule has 0 saturated carbocycles. The van der Waals surface area contributed by atoms with Crippen LogP contribution in [0.3, 0.4) is 0 Å². The summed E-state index contributed by atoms with van der Waals surface area (Å²) >= 11 is 0. The van der Waals surface area contributed by atoms with Crippen LogP contribution in [-0.4, -0.2) is 23.9 Å². The molecule has 0 aliphatic rings. The van der Waals surface area contributed by atoms with Gasteiger partial charge in [-0.05, 0) is 25.7 Å². The summed E-state index contributed by atoms with van der Waals surface area (Å²) in [5, 5.41) is 9.12. The van der Waals surface area contributed by atoms with Gasteiger partial charge in [0.25, 0.3) is 0 Å². The number of rotatable bonds is 7. The lowest BCUT2D eigenvalue weighted by molar-refractivity contribution is -0.0502. The lowest BCUT2D eigenvalue weighted by Crippen LogP contribution is -2.31. The molecule has 0 saturated heterocycles. The number of unbranched alkanes of at least 4 members (excludes halogenated alkanes) is 1. The molecule has 0 spiro atoms. The van der Waals surface area contributed by atoms with E-state index in [0.29, 0.717) is 6.61 Å². The van der Waals surface area contributed by atoms with Crippen LogP contribution in [0.15, 0.2) is 0 Å². The summed E-state index contributed by atoms with van der Waals surface area (Å²) in [6.07, 6.45) is 3.51. The largest absolute Gasteiger partial charge is 0.391 e. The molecule has 2 atom stereocenters. The van der Waals surface area contributed by atoms with Gasteiger partial charge in [0.1, 0.15) is 0 Å². The number of ether oxygens (including phenoxy) is 1. The van der Waals surface area contributed by atoms with Gasteiger partial charge in [-0.2, -0.15) is 0 Å². The molecule has 0 rings (SSSR count). The van der Waals surface area contributed by atoms with Crippen molar-refractivity contribution in [2.45, 2.75) is 66.1 Å². The van der Waals surface area contributed by atoms with Crippen LogP contribution in [0.25, 0.3) is 0 Å². The SMILES string of the molecule is CCCCC(C)(C)C(C)OCC(C)O. The summed E-state index contributed by atoms with van der Waals surface area (Å²) in [6.45, 7) is 11.0. The zero-order valence-corrected chi connectivity index (χ0v) is 10.3. The van der Waals surface area contributed by atoms with Crippen molar-refractivity contribution in [1.29, 1.82) is 0 Å². The normalized spacial score (nSPS) is 16.7. The fourth-order valence-electron chi connectivity index (χ4n) is 1.34. The first-order valence-corrected chi connectivity index (χ1v) is 5.69. The van der Waals surface area contributed by atoms with Gasteiger partial charge in [0, 0.05) is 0 Å². The van der Waals surface area contributed by atoms with Crippen molar-refractivity contribution in [3.05, 3.63) is 0 Å². The maximum Gasteiger partial charge on any atom is 0.0745 e. The van der Waals surface area contributed by atoms with Gasteiger partial charge in [-0.1, -0.05) is 33.6 Å².